The molecule has 3 aromatic rings. The first-order chi connectivity index (χ1) is 15.3. The normalized spacial score (nSPS) is 11.6. The van der Waals surface area contributed by atoms with Crippen LogP contribution in [0.5, 0.6) is 0 Å². The highest BCUT2D eigenvalue weighted by Crippen LogP contribution is 2.28. The molecule has 0 spiro atoms. The smallest absolute Gasteiger partial charge is 0.308 e. The van der Waals surface area contributed by atoms with Gasteiger partial charge in [-0.2, -0.15) is 0 Å². The third-order valence-corrected chi connectivity index (χ3v) is 5.59. The Kier molecular flexibility index (Phi) is 7.16. The number of rotatable bonds is 8. The van der Waals surface area contributed by atoms with Crippen LogP contribution in [0.4, 0.5) is 11.4 Å². The van der Waals surface area contributed by atoms with Crippen LogP contribution in [-0.4, -0.2) is 21.4 Å². The topological polar surface area (TPSA) is 121 Å². The number of nitrogens with zero attached hydrogens (tertiary/aromatic N) is 2. The fourth-order valence-electron chi connectivity index (χ4n) is 3.07. The number of aryl methyl sites for hydroxylation is 2. The van der Waals surface area contributed by atoms with E-state index in [0.717, 1.165) is 17.0 Å². The molecule has 0 aliphatic carbocycles. The molecule has 0 saturated heterocycles. The average molecular weight is 455 g/mol. The number of anilines is 1. The molecule has 1 heterocycles. The lowest BCUT2D eigenvalue weighted by Crippen LogP contribution is -2.27. The first-order valence-electron chi connectivity index (χ1n) is 9.71. The second kappa shape index (κ2) is 10.0. The minimum Gasteiger partial charge on any atom is -0.447 e. The maximum atomic E-state index is 13.0. The highest BCUT2D eigenvalue weighted by molar-refractivity contribution is 7.07. The molecule has 2 aromatic carbocycles. The Hall–Kier alpha value is -3.79. The molecule has 0 radical (unpaired) electrons. The van der Waals surface area contributed by atoms with Crippen LogP contribution in [0.2, 0.25) is 0 Å². The fraction of sp³-hybridized carbons (Fsp3) is 0.227. The summed E-state index contributed by atoms with van der Waals surface area (Å²) in [5.74, 6) is -1.40. The summed E-state index contributed by atoms with van der Waals surface area (Å²) in [6.07, 6.45) is -1.43. The first kappa shape index (κ1) is 22.9. The molecule has 1 N–H and O–H groups in total. The monoisotopic (exact) mass is 455 g/mol. The van der Waals surface area contributed by atoms with Crippen molar-refractivity contribution < 1.29 is 19.2 Å². The second-order valence-electron chi connectivity index (χ2n) is 7.09. The molecule has 1 atom stereocenters. The Labute approximate surface area is 187 Å². The van der Waals surface area contributed by atoms with Crippen molar-refractivity contribution in [2.75, 3.05) is 5.32 Å². The molecule has 32 heavy (non-hydrogen) atoms. The summed E-state index contributed by atoms with van der Waals surface area (Å²) in [6, 6.07) is 12.8. The van der Waals surface area contributed by atoms with Gasteiger partial charge in [-0.25, -0.2) is 0 Å². The van der Waals surface area contributed by atoms with Crippen molar-refractivity contribution in [1.29, 1.82) is 0 Å². The summed E-state index contributed by atoms with van der Waals surface area (Å²) in [5.41, 5.74) is 1.56. The number of thiazole rings is 1. The van der Waals surface area contributed by atoms with Gasteiger partial charge < -0.3 is 14.6 Å². The van der Waals surface area contributed by atoms with Crippen molar-refractivity contribution in [2.24, 2.45) is 0 Å². The summed E-state index contributed by atoms with van der Waals surface area (Å²) >= 11 is 1.04. The van der Waals surface area contributed by atoms with E-state index >= 15 is 0 Å². The predicted molar refractivity (Wildman–Crippen MR) is 120 cm³/mol. The molecule has 10 heteroatoms. The maximum Gasteiger partial charge on any atom is 0.308 e. The Morgan fingerprint density at radius 2 is 1.91 bits per heavy atom. The van der Waals surface area contributed by atoms with E-state index in [4.69, 9.17) is 4.74 Å². The number of aromatic nitrogens is 1. The maximum absolute atomic E-state index is 13.0. The molecule has 1 amide bonds. The zero-order valence-electron chi connectivity index (χ0n) is 17.4. The predicted octanol–water partition coefficient (Wildman–Crippen LogP) is 3.75. The van der Waals surface area contributed by atoms with Crippen molar-refractivity contribution in [3.63, 3.8) is 0 Å². The number of benzene rings is 2. The third-order valence-electron chi connectivity index (χ3n) is 4.71. The van der Waals surface area contributed by atoms with Gasteiger partial charge in [-0.3, -0.25) is 24.5 Å². The molecule has 9 nitrogen and oxygen atoms in total. The first-order valence-corrected chi connectivity index (χ1v) is 10.6. The lowest BCUT2D eigenvalue weighted by Gasteiger charge is -2.18. The van der Waals surface area contributed by atoms with Crippen LogP contribution in [-0.2, 0) is 20.9 Å². The van der Waals surface area contributed by atoms with Gasteiger partial charge in [-0.05, 0) is 25.5 Å². The Morgan fingerprint density at radius 3 is 2.53 bits per heavy atom. The molecule has 0 bridgehead atoms. The van der Waals surface area contributed by atoms with Gasteiger partial charge in [0.05, 0.1) is 11.3 Å². The number of hydrogen-bond donors (Lipinski definition) is 1. The standard InChI is InChI=1S/C22H21N3O6S/c1-14-8-9-17(18(12-14)25(29)30)23-21(27)20(16-6-4-3-5-7-16)31-19(26)10-11-24-15(2)13-32-22(24)28/h3-9,12-13,20H,10-11H2,1-2H3,(H,23,27). The number of esters is 1. The number of nitro groups is 1. The summed E-state index contributed by atoms with van der Waals surface area (Å²) < 4.78 is 6.90. The number of carbonyl (C=O) groups excluding carboxylic acids is 2. The van der Waals surface area contributed by atoms with Crippen LogP contribution in [0, 0.1) is 24.0 Å². The van der Waals surface area contributed by atoms with Crippen LogP contribution >= 0.6 is 11.3 Å². The van der Waals surface area contributed by atoms with E-state index < -0.39 is 22.9 Å². The lowest BCUT2D eigenvalue weighted by molar-refractivity contribution is -0.384. The van der Waals surface area contributed by atoms with Gasteiger partial charge in [0.25, 0.3) is 11.6 Å². The molecule has 0 aliphatic rings. The van der Waals surface area contributed by atoms with Crippen LogP contribution < -0.4 is 10.2 Å². The number of hydrogen-bond acceptors (Lipinski definition) is 7. The van der Waals surface area contributed by atoms with Gasteiger partial charge in [0.15, 0.2) is 0 Å². The van der Waals surface area contributed by atoms with E-state index in [1.165, 1.54) is 16.7 Å². The molecule has 166 valence electrons. The van der Waals surface area contributed by atoms with Crippen molar-refractivity contribution in [2.45, 2.75) is 32.9 Å². The van der Waals surface area contributed by atoms with Crippen LogP contribution in [0.1, 0.15) is 29.3 Å². The lowest BCUT2D eigenvalue weighted by atomic mass is 10.1. The second-order valence-corrected chi connectivity index (χ2v) is 7.91. The van der Waals surface area contributed by atoms with Gasteiger partial charge in [0.1, 0.15) is 5.69 Å². The molecular formula is C22H21N3O6S. The summed E-state index contributed by atoms with van der Waals surface area (Å²) in [5, 5.41) is 15.6. The summed E-state index contributed by atoms with van der Waals surface area (Å²) in [7, 11) is 0. The molecule has 0 aliphatic heterocycles. The fourth-order valence-corrected chi connectivity index (χ4v) is 3.83. The molecule has 1 aromatic heterocycles. The van der Waals surface area contributed by atoms with Crippen molar-refractivity contribution >= 4 is 34.6 Å². The van der Waals surface area contributed by atoms with Gasteiger partial charge in [0, 0.05) is 29.2 Å². The van der Waals surface area contributed by atoms with Crippen LogP contribution in [0.25, 0.3) is 0 Å². The van der Waals surface area contributed by atoms with Gasteiger partial charge in [-0.15, -0.1) is 0 Å². The van der Waals surface area contributed by atoms with Crippen LogP contribution in [0.15, 0.2) is 58.7 Å². The number of nitro benzene ring substituents is 1. The van der Waals surface area contributed by atoms with Crippen molar-refractivity contribution in [3.05, 3.63) is 90.5 Å². The third kappa shape index (κ3) is 5.46. The highest BCUT2D eigenvalue weighted by Gasteiger charge is 2.27. The molecular weight excluding hydrogens is 434 g/mol. The van der Waals surface area contributed by atoms with E-state index in [1.807, 2.05) is 0 Å². The van der Waals surface area contributed by atoms with Gasteiger partial charge >= 0.3 is 10.8 Å². The molecule has 0 fully saturated rings. The number of nitrogens with one attached hydrogen (secondary N) is 1. The van der Waals surface area contributed by atoms with Crippen LogP contribution in [0.3, 0.4) is 0 Å². The van der Waals surface area contributed by atoms with E-state index in [0.29, 0.717) is 11.1 Å². The average Bonchev–Trinajstić information content (AvgIpc) is 3.09. The quantitative estimate of drug-likeness (QED) is 0.314. The largest absolute Gasteiger partial charge is 0.447 e. The minimum absolute atomic E-state index is 0.00281. The van der Waals surface area contributed by atoms with E-state index in [-0.39, 0.29) is 29.2 Å². The SMILES string of the molecule is Cc1ccc(NC(=O)C(OC(=O)CCn2c(C)csc2=O)c2ccccc2)c([N+](=O)[O-])c1. The summed E-state index contributed by atoms with van der Waals surface area (Å²) in [4.78, 5) is 47.9. The van der Waals surface area contributed by atoms with Gasteiger partial charge in [-0.1, -0.05) is 47.7 Å². The summed E-state index contributed by atoms with van der Waals surface area (Å²) in [6.45, 7) is 3.59. The molecule has 0 saturated carbocycles. The minimum atomic E-state index is -1.31. The number of amides is 1. The van der Waals surface area contributed by atoms with Gasteiger partial charge in [0.2, 0.25) is 6.10 Å². The number of ether oxygens (including phenoxy) is 1. The Bertz CT molecular complexity index is 1200. The zero-order valence-corrected chi connectivity index (χ0v) is 18.3. The Morgan fingerprint density at radius 1 is 1.19 bits per heavy atom. The number of carbonyl (C=O) groups is 2. The molecule has 3 rings (SSSR count). The molecule has 1 unspecified atom stereocenters. The van der Waals surface area contributed by atoms with E-state index in [2.05, 4.69) is 5.32 Å². The highest BCUT2D eigenvalue weighted by atomic mass is 32.1. The van der Waals surface area contributed by atoms with Crippen molar-refractivity contribution in [3.8, 4) is 0 Å². The zero-order chi connectivity index (χ0) is 23.3. The Balaban J connectivity index is 1.79. The van der Waals surface area contributed by atoms with E-state index in [9.17, 15) is 24.5 Å². The van der Waals surface area contributed by atoms with E-state index in [1.54, 1.807) is 55.6 Å². The van der Waals surface area contributed by atoms with Crippen molar-refractivity contribution in [1.82, 2.24) is 4.57 Å².